The standard InChI is InChI=1S/C18H26F3N3O3S/c1-22(14-15-3-2-4-16(13-15)18(19,20)21)17-5-7-23(8-6-17)28(25,26)24-9-11-27-12-10-24/h2-4,13,17H,5-12,14H2,1H3. The van der Waals surface area contributed by atoms with Gasteiger partial charge in [0, 0.05) is 38.8 Å². The van der Waals surface area contributed by atoms with E-state index in [9.17, 15) is 21.6 Å². The molecule has 1 aromatic carbocycles. The Bertz CT molecular complexity index is 759. The molecular formula is C18H26F3N3O3S. The fourth-order valence-corrected chi connectivity index (χ4v) is 5.33. The number of hydrogen-bond acceptors (Lipinski definition) is 4. The summed E-state index contributed by atoms with van der Waals surface area (Å²) in [7, 11) is -1.60. The van der Waals surface area contributed by atoms with Crippen molar-refractivity contribution in [3.8, 4) is 0 Å². The van der Waals surface area contributed by atoms with Crippen molar-refractivity contribution < 1.29 is 26.3 Å². The highest BCUT2D eigenvalue weighted by atomic mass is 32.2. The van der Waals surface area contributed by atoms with Crippen molar-refractivity contribution in [1.29, 1.82) is 0 Å². The summed E-state index contributed by atoms with van der Waals surface area (Å²) in [5.41, 5.74) is -0.0504. The average Bonchev–Trinajstić information content (AvgIpc) is 2.68. The van der Waals surface area contributed by atoms with Crippen LogP contribution in [0.15, 0.2) is 24.3 Å². The fraction of sp³-hybridized carbons (Fsp3) is 0.667. The van der Waals surface area contributed by atoms with E-state index in [4.69, 9.17) is 4.74 Å². The number of ether oxygens (including phenoxy) is 1. The van der Waals surface area contributed by atoms with Crippen molar-refractivity contribution in [2.45, 2.75) is 31.6 Å². The number of nitrogens with zero attached hydrogens (tertiary/aromatic N) is 3. The third-order valence-corrected chi connectivity index (χ3v) is 7.39. The number of morpholine rings is 1. The average molecular weight is 421 g/mol. The molecule has 0 bridgehead atoms. The lowest BCUT2D eigenvalue weighted by Gasteiger charge is -2.38. The van der Waals surface area contributed by atoms with Crippen LogP contribution in [-0.4, -0.2) is 74.4 Å². The minimum absolute atomic E-state index is 0.130. The number of rotatable bonds is 5. The minimum atomic E-state index is -4.35. The number of piperidine rings is 1. The van der Waals surface area contributed by atoms with Gasteiger partial charge in [0.2, 0.25) is 0 Å². The van der Waals surface area contributed by atoms with E-state index in [1.807, 2.05) is 11.9 Å². The van der Waals surface area contributed by atoms with Crippen LogP contribution in [0.2, 0.25) is 0 Å². The Morgan fingerprint density at radius 3 is 2.32 bits per heavy atom. The van der Waals surface area contributed by atoms with E-state index in [0.717, 1.165) is 6.07 Å². The summed E-state index contributed by atoms with van der Waals surface area (Å²) in [4.78, 5) is 2.01. The molecule has 0 N–H and O–H groups in total. The predicted octanol–water partition coefficient (Wildman–Crippen LogP) is 2.18. The number of alkyl halides is 3. The van der Waals surface area contributed by atoms with E-state index in [1.165, 1.54) is 20.7 Å². The van der Waals surface area contributed by atoms with Gasteiger partial charge < -0.3 is 4.74 Å². The number of benzene rings is 1. The van der Waals surface area contributed by atoms with Crippen molar-refractivity contribution in [2.75, 3.05) is 46.4 Å². The Morgan fingerprint density at radius 2 is 1.71 bits per heavy atom. The van der Waals surface area contributed by atoms with Crippen molar-refractivity contribution in [1.82, 2.24) is 13.5 Å². The van der Waals surface area contributed by atoms with E-state index >= 15 is 0 Å². The van der Waals surface area contributed by atoms with E-state index in [-0.39, 0.29) is 6.04 Å². The van der Waals surface area contributed by atoms with Gasteiger partial charge in [-0.2, -0.15) is 30.2 Å². The van der Waals surface area contributed by atoms with Gasteiger partial charge in [0.25, 0.3) is 10.2 Å². The maximum absolute atomic E-state index is 12.9. The van der Waals surface area contributed by atoms with Gasteiger partial charge in [-0.3, -0.25) is 4.90 Å². The summed E-state index contributed by atoms with van der Waals surface area (Å²) < 4.78 is 72.3. The first-order valence-corrected chi connectivity index (χ1v) is 10.8. The zero-order chi connectivity index (χ0) is 20.4. The lowest BCUT2D eigenvalue weighted by atomic mass is 10.0. The van der Waals surface area contributed by atoms with Crippen molar-refractivity contribution in [3.63, 3.8) is 0 Å². The van der Waals surface area contributed by atoms with Crippen LogP contribution in [0.4, 0.5) is 13.2 Å². The molecule has 28 heavy (non-hydrogen) atoms. The maximum Gasteiger partial charge on any atom is 0.416 e. The molecule has 158 valence electrons. The predicted molar refractivity (Wildman–Crippen MR) is 98.8 cm³/mol. The first-order chi connectivity index (χ1) is 13.2. The molecule has 2 aliphatic heterocycles. The molecule has 0 aromatic heterocycles. The Balaban J connectivity index is 1.56. The number of halogens is 3. The van der Waals surface area contributed by atoms with Crippen LogP contribution in [0, 0.1) is 0 Å². The van der Waals surface area contributed by atoms with Gasteiger partial charge in [-0.1, -0.05) is 18.2 Å². The van der Waals surface area contributed by atoms with Crippen LogP contribution >= 0.6 is 0 Å². The van der Waals surface area contributed by atoms with Crippen molar-refractivity contribution in [3.05, 3.63) is 35.4 Å². The number of hydrogen-bond donors (Lipinski definition) is 0. The van der Waals surface area contributed by atoms with E-state index in [0.29, 0.717) is 64.3 Å². The molecule has 0 aliphatic carbocycles. The van der Waals surface area contributed by atoms with Crippen molar-refractivity contribution >= 4 is 10.2 Å². The lowest BCUT2D eigenvalue weighted by Crippen LogP contribution is -2.52. The SMILES string of the molecule is CN(Cc1cccc(C(F)(F)F)c1)C1CCN(S(=O)(=O)N2CCOCC2)CC1. The second-order valence-corrected chi connectivity index (χ2v) is 9.19. The zero-order valence-electron chi connectivity index (χ0n) is 15.9. The first-order valence-electron chi connectivity index (χ1n) is 9.37. The van der Waals surface area contributed by atoms with Gasteiger partial charge in [0.15, 0.2) is 0 Å². The highest BCUT2D eigenvalue weighted by Gasteiger charge is 2.35. The van der Waals surface area contributed by atoms with Gasteiger partial charge in [-0.05, 0) is 31.5 Å². The van der Waals surface area contributed by atoms with E-state index in [1.54, 1.807) is 6.07 Å². The molecule has 0 spiro atoms. The summed E-state index contributed by atoms with van der Waals surface area (Å²) in [6.07, 6.45) is -3.05. The lowest BCUT2D eigenvalue weighted by molar-refractivity contribution is -0.137. The van der Waals surface area contributed by atoms with Gasteiger partial charge in [0.05, 0.1) is 18.8 Å². The normalized spacial score (nSPS) is 21.3. The maximum atomic E-state index is 12.9. The molecule has 1 aromatic rings. The Labute approximate surface area is 164 Å². The molecule has 2 fully saturated rings. The smallest absolute Gasteiger partial charge is 0.379 e. The summed E-state index contributed by atoms with van der Waals surface area (Å²) in [5.74, 6) is 0. The molecule has 2 saturated heterocycles. The second-order valence-electron chi connectivity index (χ2n) is 7.26. The van der Waals surface area contributed by atoms with Crippen LogP contribution in [0.5, 0.6) is 0 Å². The second kappa shape index (κ2) is 8.66. The summed E-state index contributed by atoms with van der Waals surface area (Å²) in [5, 5.41) is 0. The van der Waals surface area contributed by atoms with Crippen LogP contribution in [0.1, 0.15) is 24.0 Å². The molecule has 0 unspecified atom stereocenters. The molecule has 0 atom stereocenters. The minimum Gasteiger partial charge on any atom is -0.379 e. The Hall–Kier alpha value is -1.20. The molecule has 2 heterocycles. The molecule has 2 aliphatic rings. The van der Waals surface area contributed by atoms with Crippen molar-refractivity contribution in [2.24, 2.45) is 0 Å². The van der Waals surface area contributed by atoms with Gasteiger partial charge in [-0.25, -0.2) is 0 Å². The first kappa shape index (κ1) is 21.5. The quantitative estimate of drug-likeness (QED) is 0.731. The third-order valence-electron chi connectivity index (χ3n) is 5.36. The molecular weight excluding hydrogens is 395 g/mol. The zero-order valence-corrected chi connectivity index (χ0v) is 16.7. The topological polar surface area (TPSA) is 53.1 Å². The molecule has 6 nitrogen and oxygen atoms in total. The molecule has 0 amide bonds. The highest BCUT2D eigenvalue weighted by molar-refractivity contribution is 7.86. The third kappa shape index (κ3) is 5.04. The Morgan fingerprint density at radius 1 is 1.11 bits per heavy atom. The van der Waals surface area contributed by atoms with Gasteiger partial charge in [0.1, 0.15) is 0 Å². The monoisotopic (exact) mass is 421 g/mol. The van der Waals surface area contributed by atoms with Crippen LogP contribution in [0.25, 0.3) is 0 Å². The molecule has 10 heteroatoms. The summed E-state index contributed by atoms with van der Waals surface area (Å²) in [6.45, 7) is 2.79. The molecule has 0 saturated carbocycles. The van der Waals surface area contributed by atoms with E-state index < -0.39 is 21.9 Å². The van der Waals surface area contributed by atoms with Crippen LogP contribution < -0.4 is 0 Å². The van der Waals surface area contributed by atoms with Gasteiger partial charge in [-0.15, -0.1) is 0 Å². The fourth-order valence-electron chi connectivity index (χ4n) is 3.72. The van der Waals surface area contributed by atoms with Gasteiger partial charge >= 0.3 is 6.18 Å². The summed E-state index contributed by atoms with van der Waals surface area (Å²) in [6, 6.07) is 5.48. The largest absolute Gasteiger partial charge is 0.416 e. The molecule has 0 radical (unpaired) electrons. The summed E-state index contributed by atoms with van der Waals surface area (Å²) >= 11 is 0. The van der Waals surface area contributed by atoms with E-state index in [2.05, 4.69) is 0 Å². The molecule has 3 rings (SSSR count). The van der Waals surface area contributed by atoms with Crippen LogP contribution in [-0.2, 0) is 27.7 Å². The highest BCUT2D eigenvalue weighted by Crippen LogP contribution is 2.30. The van der Waals surface area contributed by atoms with Crippen LogP contribution in [0.3, 0.4) is 0 Å². The Kier molecular flexibility index (Phi) is 6.65.